The predicted octanol–water partition coefficient (Wildman–Crippen LogP) is 4.41. The van der Waals surface area contributed by atoms with Gasteiger partial charge in [-0.1, -0.05) is 18.2 Å². The van der Waals surface area contributed by atoms with Crippen molar-refractivity contribution in [1.29, 1.82) is 0 Å². The second-order valence-electron chi connectivity index (χ2n) is 5.86. The molecule has 0 aliphatic carbocycles. The van der Waals surface area contributed by atoms with Crippen LogP contribution in [0.1, 0.15) is 36.6 Å². The first-order valence-electron chi connectivity index (χ1n) is 8.19. The van der Waals surface area contributed by atoms with Gasteiger partial charge < -0.3 is 15.7 Å². The molecule has 0 spiro atoms. The van der Waals surface area contributed by atoms with Crippen LogP contribution in [-0.4, -0.2) is 17.6 Å². The molecule has 0 amide bonds. The van der Waals surface area contributed by atoms with E-state index in [2.05, 4.69) is 15.6 Å². The lowest BCUT2D eigenvalue weighted by Crippen LogP contribution is -2.38. The lowest BCUT2D eigenvalue weighted by Gasteiger charge is -2.18. The van der Waals surface area contributed by atoms with E-state index in [1.54, 1.807) is 19.1 Å². The van der Waals surface area contributed by atoms with Crippen molar-refractivity contribution >= 4 is 29.9 Å². The molecule has 0 aromatic heterocycles. The number of halogens is 3. The van der Waals surface area contributed by atoms with Crippen molar-refractivity contribution in [3.8, 4) is 5.75 Å². The van der Waals surface area contributed by atoms with Crippen LogP contribution in [0.5, 0.6) is 5.75 Å². The smallest absolute Gasteiger partial charge is 0.192 e. The molecule has 2 rings (SSSR count). The maximum absolute atomic E-state index is 13.7. The molecule has 0 saturated carbocycles. The monoisotopic (exact) mass is 475 g/mol. The van der Waals surface area contributed by atoms with Crippen LogP contribution in [0.15, 0.2) is 41.4 Å². The van der Waals surface area contributed by atoms with E-state index in [0.29, 0.717) is 23.6 Å². The summed E-state index contributed by atoms with van der Waals surface area (Å²) >= 11 is 0. The number of guanidine groups is 1. The van der Waals surface area contributed by atoms with Crippen LogP contribution >= 0.6 is 24.0 Å². The molecule has 0 radical (unpaired) electrons. The molecule has 2 aromatic rings. The fourth-order valence-corrected chi connectivity index (χ4v) is 2.31. The third kappa shape index (κ3) is 6.12. The molecule has 0 aliphatic rings. The molecule has 4 nitrogen and oxygen atoms in total. The summed E-state index contributed by atoms with van der Waals surface area (Å²) in [5.74, 6) is -0.751. The molecule has 0 fully saturated rings. The number of phenols is 1. The van der Waals surface area contributed by atoms with E-state index in [0.717, 1.165) is 5.56 Å². The zero-order valence-corrected chi connectivity index (χ0v) is 17.3. The number of hydrogen-bond donors (Lipinski definition) is 3. The van der Waals surface area contributed by atoms with E-state index in [-0.39, 0.29) is 48.1 Å². The Labute approximate surface area is 169 Å². The molecule has 0 aliphatic heterocycles. The summed E-state index contributed by atoms with van der Waals surface area (Å²) in [5, 5.41) is 15.5. The Balaban J connectivity index is 0.00000338. The van der Waals surface area contributed by atoms with Crippen LogP contribution in [0, 0.1) is 18.6 Å². The number of benzene rings is 2. The lowest BCUT2D eigenvalue weighted by atomic mass is 10.1. The van der Waals surface area contributed by atoms with Gasteiger partial charge in [0.2, 0.25) is 0 Å². The second kappa shape index (κ2) is 10.3. The summed E-state index contributed by atoms with van der Waals surface area (Å²) < 4.78 is 27.1. The number of phenolic OH excluding ortho intramolecular Hbond substituents is 1. The summed E-state index contributed by atoms with van der Waals surface area (Å²) in [4.78, 5) is 4.41. The first-order valence-corrected chi connectivity index (χ1v) is 8.19. The molecule has 2 aromatic carbocycles. The predicted molar refractivity (Wildman–Crippen MR) is 111 cm³/mol. The molecular formula is C19H24F2IN3O. The van der Waals surface area contributed by atoms with Crippen molar-refractivity contribution in [1.82, 2.24) is 10.6 Å². The van der Waals surface area contributed by atoms with E-state index in [1.165, 1.54) is 18.2 Å². The van der Waals surface area contributed by atoms with Crippen LogP contribution in [0.3, 0.4) is 0 Å². The highest BCUT2D eigenvalue weighted by Gasteiger charge is 2.10. The number of aliphatic imine (C=N–C) groups is 1. The van der Waals surface area contributed by atoms with E-state index >= 15 is 0 Å². The first-order chi connectivity index (χ1) is 11.9. The highest BCUT2D eigenvalue weighted by Crippen LogP contribution is 2.18. The summed E-state index contributed by atoms with van der Waals surface area (Å²) in [6.45, 7) is 6.48. The van der Waals surface area contributed by atoms with Gasteiger partial charge in [0, 0.05) is 6.54 Å². The Morgan fingerprint density at radius 1 is 1.15 bits per heavy atom. The van der Waals surface area contributed by atoms with Gasteiger partial charge >= 0.3 is 0 Å². The van der Waals surface area contributed by atoms with Crippen LogP contribution < -0.4 is 10.6 Å². The highest BCUT2D eigenvalue weighted by molar-refractivity contribution is 14.0. The number of aromatic hydroxyl groups is 1. The third-order valence-corrected chi connectivity index (χ3v) is 3.83. The van der Waals surface area contributed by atoms with Gasteiger partial charge in [-0.15, -0.1) is 24.0 Å². The van der Waals surface area contributed by atoms with Gasteiger partial charge in [-0.2, -0.15) is 0 Å². The van der Waals surface area contributed by atoms with Crippen LogP contribution in [0.2, 0.25) is 0 Å². The molecule has 1 unspecified atom stereocenters. The maximum atomic E-state index is 13.7. The normalized spacial score (nSPS) is 12.3. The lowest BCUT2D eigenvalue weighted by molar-refractivity contribution is 0.432. The maximum Gasteiger partial charge on any atom is 0.192 e. The van der Waals surface area contributed by atoms with Gasteiger partial charge in [0.15, 0.2) is 17.5 Å². The van der Waals surface area contributed by atoms with Gasteiger partial charge in [-0.25, -0.2) is 13.8 Å². The fourth-order valence-electron chi connectivity index (χ4n) is 2.31. The largest absolute Gasteiger partial charge is 0.505 e. The number of nitrogens with zero attached hydrogens (tertiary/aromatic N) is 1. The molecule has 26 heavy (non-hydrogen) atoms. The molecule has 0 saturated heterocycles. The molecule has 0 heterocycles. The zero-order valence-electron chi connectivity index (χ0n) is 15.0. The Hall–Kier alpha value is -1.90. The Bertz CT molecular complexity index is 768. The van der Waals surface area contributed by atoms with Crippen LogP contribution in [-0.2, 0) is 6.54 Å². The molecule has 1 atom stereocenters. The molecule has 142 valence electrons. The summed E-state index contributed by atoms with van der Waals surface area (Å²) in [6, 6.07) is 9.14. The van der Waals surface area contributed by atoms with Crippen molar-refractivity contribution in [2.45, 2.75) is 33.4 Å². The topological polar surface area (TPSA) is 56.7 Å². The molecule has 0 bridgehead atoms. The second-order valence-corrected chi connectivity index (χ2v) is 5.86. The standard InChI is InChI=1S/C19H23F2N3O.HI/c1-4-22-19(23-11-14-6-8-18(25)17(21)9-14)24-13(3)15-7-5-12(2)16(20)10-15;/h5-10,13,25H,4,11H2,1-3H3,(H2,22,23,24);1H. The van der Waals surface area contributed by atoms with Crippen molar-refractivity contribution in [3.63, 3.8) is 0 Å². The molecule has 3 N–H and O–H groups in total. The quantitative estimate of drug-likeness (QED) is 0.341. The number of rotatable bonds is 5. The van der Waals surface area contributed by atoms with E-state index < -0.39 is 5.82 Å². The van der Waals surface area contributed by atoms with Gasteiger partial charge in [0.05, 0.1) is 12.6 Å². The first kappa shape index (κ1) is 22.1. The Morgan fingerprint density at radius 2 is 1.88 bits per heavy atom. The van der Waals surface area contributed by atoms with Crippen molar-refractivity contribution in [3.05, 3.63) is 64.7 Å². The summed E-state index contributed by atoms with van der Waals surface area (Å²) in [6.07, 6.45) is 0. The Morgan fingerprint density at radius 3 is 2.50 bits per heavy atom. The average molecular weight is 475 g/mol. The van der Waals surface area contributed by atoms with Crippen molar-refractivity contribution < 1.29 is 13.9 Å². The van der Waals surface area contributed by atoms with E-state index in [1.807, 2.05) is 19.9 Å². The summed E-state index contributed by atoms with van der Waals surface area (Å²) in [5.41, 5.74) is 2.05. The SMILES string of the molecule is CCNC(=NCc1ccc(O)c(F)c1)NC(C)c1ccc(C)c(F)c1.I. The minimum Gasteiger partial charge on any atom is -0.505 e. The highest BCUT2D eigenvalue weighted by atomic mass is 127. The number of aryl methyl sites for hydroxylation is 1. The van der Waals surface area contributed by atoms with Gasteiger partial charge in [0.1, 0.15) is 5.82 Å². The van der Waals surface area contributed by atoms with Gasteiger partial charge in [-0.3, -0.25) is 0 Å². The minimum absolute atomic E-state index is 0. The molecule has 7 heteroatoms. The van der Waals surface area contributed by atoms with E-state index in [9.17, 15) is 13.9 Å². The van der Waals surface area contributed by atoms with Gasteiger partial charge in [0.25, 0.3) is 0 Å². The Kier molecular flexibility index (Phi) is 8.77. The third-order valence-electron chi connectivity index (χ3n) is 3.83. The summed E-state index contributed by atoms with van der Waals surface area (Å²) in [7, 11) is 0. The number of hydrogen-bond acceptors (Lipinski definition) is 2. The number of nitrogens with one attached hydrogen (secondary N) is 2. The van der Waals surface area contributed by atoms with Crippen LogP contribution in [0.4, 0.5) is 8.78 Å². The fraction of sp³-hybridized carbons (Fsp3) is 0.316. The van der Waals surface area contributed by atoms with Crippen LogP contribution in [0.25, 0.3) is 0 Å². The van der Waals surface area contributed by atoms with Crippen molar-refractivity contribution in [2.75, 3.05) is 6.54 Å². The minimum atomic E-state index is -0.672. The van der Waals surface area contributed by atoms with Gasteiger partial charge in [-0.05, 0) is 55.7 Å². The zero-order chi connectivity index (χ0) is 18.4. The average Bonchev–Trinajstić information content (AvgIpc) is 2.58. The van der Waals surface area contributed by atoms with Crippen molar-refractivity contribution in [2.24, 2.45) is 4.99 Å². The van der Waals surface area contributed by atoms with E-state index in [4.69, 9.17) is 0 Å². The molecular weight excluding hydrogens is 451 g/mol.